The molecule has 1 saturated heterocycles. The van der Waals surface area contributed by atoms with Gasteiger partial charge in [0.1, 0.15) is 17.9 Å². The fraction of sp³-hybridized carbons (Fsp3) is 0.320. The smallest absolute Gasteiger partial charge is 0.243 e. The molecular formula is C25H29N5O4S. The Hall–Kier alpha value is -3.50. The van der Waals surface area contributed by atoms with E-state index in [1.165, 1.54) is 22.8 Å². The molecule has 35 heavy (non-hydrogen) atoms. The second-order valence-corrected chi connectivity index (χ2v) is 10.1. The van der Waals surface area contributed by atoms with Gasteiger partial charge in [0.2, 0.25) is 15.9 Å². The summed E-state index contributed by atoms with van der Waals surface area (Å²) in [7, 11) is -2.01. The summed E-state index contributed by atoms with van der Waals surface area (Å²) in [6, 6.07) is 15.9. The molecule has 3 aromatic rings. The van der Waals surface area contributed by atoms with E-state index in [9.17, 15) is 13.2 Å². The van der Waals surface area contributed by atoms with E-state index < -0.39 is 10.0 Å². The normalized spacial score (nSPS) is 14.5. The highest BCUT2D eigenvalue weighted by Gasteiger charge is 2.29. The molecule has 2 heterocycles. The third kappa shape index (κ3) is 5.77. The van der Waals surface area contributed by atoms with E-state index in [0.29, 0.717) is 38.3 Å². The van der Waals surface area contributed by atoms with Crippen LogP contribution >= 0.6 is 0 Å². The predicted octanol–water partition coefficient (Wildman–Crippen LogP) is 3.40. The largest absolute Gasteiger partial charge is 0.497 e. The Labute approximate surface area is 205 Å². The number of methoxy groups -OCH3 is 1. The number of carbonyl (C=O) groups excluding carboxylic acids is 1. The van der Waals surface area contributed by atoms with Crippen LogP contribution in [-0.2, 0) is 14.8 Å². The number of anilines is 2. The summed E-state index contributed by atoms with van der Waals surface area (Å²) in [5, 5.41) is 2.77. The van der Waals surface area contributed by atoms with Crippen LogP contribution in [0.1, 0.15) is 19.8 Å². The van der Waals surface area contributed by atoms with Gasteiger partial charge in [-0.05, 0) is 55.0 Å². The number of sulfonamides is 1. The zero-order chi connectivity index (χ0) is 24.8. The molecule has 0 unspecified atom stereocenters. The summed E-state index contributed by atoms with van der Waals surface area (Å²) < 4.78 is 33.0. The van der Waals surface area contributed by atoms with E-state index >= 15 is 0 Å². The first-order valence-corrected chi connectivity index (χ1v) is 13.0. The molecule has 0 atom stereocenters. The van der Waals surface area contributed by atoms with Gasteiger partial charge in [0, 0.05) is 49.9 Å². The number of aromatic nitrogens is 2. The maximum Gasteiger partial charge on any atom is 0.243 e. The molecule has 0 aliphatic carbocycles. The highest BCUT2D eigenvalue weighted by atomic mass is 32.2. The minimum atomic E-state index is -3.63. The van der Waals surface area contributed by atoms with E-state index in [1.807, 2.05) is 37.3 Å². The van der Waals surface area contributed by atoms with Crippen LogP contribution in [0.5, 0.6) is 5.75 Å². The van der Waals surface area contributed by atoms with Gasteiger partial charge in [-0.1, -0.05) is 6.92 Å². The molecule has 1 aliphatic rings. The zero-order valence-corrected chi connectivity index (χ0v) is 20.7. The number of nitrogens with zero attached hydrogens (tertiary/aromatic N) is 4. The third-order valence-electron chi connectivity index (χ3n) is 5.85. The highest BCUT2D eigenvalue weighted by Crippen LogP contribution is 2.25. The Morgan fingerprint density at radius 3 is 2.31 bits per heavy atom. The zero-order valence-electron chi connectivity index (χ0n) is 19.8. The molecule has 1 fully saturated rings. The summed E-state index contributed by atoms with van der Waals surface area (Å²) in [4.78, 5) is 22.8. The van der Waals surface area contributed by atoms with Crippen LogP contribution in [0.15, 0.2) is 65.8 Å². The molecule has 0 radical (unpaired) electrons. The number of amides is 1. The van der Waals surface area contributed by atoms with Gasteiger partial charge in [0.05, 0.1) is 17.7 Å². The van der Waals surface area contributed by atoms with Crippen molar-refractivity contribution >= 4 is 27.4 Å². The lowest BCUT2D eigenvalue weighted by molar-refractivity contribution is -0.116. The SMILES string of the molecule is CCCC(=O)Nc1ccc(S(=O)(=O)N2CCN(c3cc(-c4ccc(OC)cc4)ncn3)CC2)cc1. The van der Waals surface area contributed by atoms with Gasteiger partial charge < -0.3 is 15.0 Å². The fourth-order valence-corrected chi connectivity index (χ4v) is 5.33. The molecule has 1 aromatic heterocycles. The Bertz CT molecular complexity index is 1260. The Balaban J connectivity index is 1.40. The van der Waals surface area contributed by atoms with Crippen molar-refractivity contribution in [1.29, 1.82) is 0 Å². The summed E-state index contributed by atoms with van der Waals surface area (Å²) >= 11 is 0. The number of piperazine rings is 1. The van der Waals surface area contributed by atoms with Crippen LogP contribution in [0, 0.1) is 0 Å². The highest BCUT2D eigenvalue weighted by molar-refractivity contribution is 7.89. The number of ether oxygens (including phenoxy) is 1. The molecule has 4 rings (SSSR count). The van der Waals surface area contributed by atoms with Crippen molar-refractivity contribution in [3.05, 3.63) is 60.9 Å². The van der Waals surface area contributed by atoms with E-state index in [0.717, 1.165) is 29.2 Å². The summed E-state index contributed by atoms with van der Waals surface area (Å²) in [6.45, 7) is 3.66. The lowest BCUT2D eigenvalue weighted by atomic mass is 10.1. The van der Waals surface area contributed by atoms with Crippen molar-refractivity contribution in [1.82, 2.24) is 14.3 Å². The number of nitrogens with one attached hydrogen (secondary N) is 1. The second kappa shape index (κ2) is 10.8. The van der Waals surface area contributed by atoms with E-state index in [2.05, 4.69) is 20.2 Å². The van der Waals surface area contributed by atoms with E-state index in [1.54, 1.807) is 19.2 Å². The van der Waals surface area contributed by atoms with Crippen molar-refractivity contribution < 1.29 is 17.9 Å². The van der Waals surface area contributed by atoms with Gasteiger partial charge in [-0.15, -0.1) is 0 Å². The lowest BCUT2D eigenvalue weighted by Crippen LogP contribution is -2.48. The average molecular weight is 496 g/mol. The monoisotopic (exact) mass is 495 g/mol. The molecule has 0 saturated carbocycles. The number of rotatable bonds is 8. The molecule has 1 amide bonds. The maximum atomic E-state index is 13.1. The standard InChI is InChI=1S/C25H29N5O4S/c1-3-4-25(31)28-20-7-11-22(12-8-20)35(32,33)30-15-13-29(14-16-30)24-17-23(26-18-27-24)19-5-9-21(34-2)10-6-19/h5-12,17-18H,3-4,13-16H2,1-2H3,(H,28,31). The Morgan fingerprint density at radius 2 is 1.69 bits per heavy atom. The molecule has 0 bridgehead atoms. The number of benzene rings is 2. The van der Waals surface area contributed by atoms with E-state index in [4.69, 9.17) is 4.74 Å². The van der Waals surface area contributed by atoms with Gasteiger partial charge in [-0.3, -0.25) is 4.79 Å². The van der Waals surface area contributed by atoms with Crippen LogP contribution in [0.25, 0.3) is 11.3 Å². The van der Waals surface area contributed by atoms with Crippen molar-refractivity contribution in [2.45, 2.75) is 24.7 Å². The van der Waals surface area contributed by atoms with Gasteiger partial charge in [-0.25, -0.2) is 18.4 Å². The van der Waals surface area contributed by atoms with Crippen molar-refractivity contribution in [2.24, 2.45) is 0 Å². The number of hydrogen-bond acceptors (Lipinski definition) is 7. The van der Waals surface area contributed by atoms with Crippen molar-refractivity contribution in [3.8, 4) is 17.0 Å². The molecule has 0 spiro atoms. The van der Waals surface area contributed by atoms with Crippen molar-refractivity contribution in [3.63, 3.8) is 0 Å². The summed E-state index contributed by atoms with van der Waals surface area (Å²) in [6.07, 6.45) is 2.71. The molecule has 1 N–H and O–H groups in total. The fourth-order valence-electron chi connectivity index (χ4n) is 3.91. The van der Waals surface area contributed by atoms with Crippen LogP contribution in [0.4, 0.5) is 11.5 Å². The molecule has 9 nitrogen and oxygen atoms in total. The van der Waals surface area contributed by atoms with Gasteiger partial charge in [0.15, 0.2) is 0 Å². The number of carbonyl (C=O) groups is 1. The lowest BCUT2D eigenvalue weighted by Gasteiger charge is -2.34. The van der Waals surface area contributed by atoms with Gasteiger partial charge in [0.25, 0.3) is 0 Å². The quantitative estimate of drug-likeness (QED) is 0.511. The van der Waals surface area contributed by atoms with Crippen LogP contribution in [-0.4, -0.2) is 61.9 Å². The minimum absolute atomic E-state index is 0.0842. The molecule has 184 valence electrons. The summed E-state index contributed by atoms with van der Waals surface area (Å²) in [5.41, 5.74) is 2.33. The molecule has 2 aromatic carbocycles. The van der Waals surface area contributed by atoms with Crippen LogP contribution < -0.4 is 15.0 Å². The van der Waals surface area contributed by atoms with Gasteiger partial charge >= 0.3 is 0 Å². The minimum Gasteiger partial charge on any atom is -0.497 e. The average Bonchev–Trinajstić information content (AvgIpc) is 2.89. The first-order valence-electron chi connectivity index (χ1n) is 11.5. The maximum absolute atomic E-state index is 13.1. The number of hydrogen-bond donors (Lipinski definition) is 1. The van der Waals surface area contributed by atoms with Crippen LogP contribution in [0.3, 0.4) is 0 Å². The third-order valence-corrected chi connectivity index (χ3v) is 7.77. The topological polar surface area (TPSA) is 105 Å². The van der Waals surface area contributed by atoms with Gasteiger partial charge in [-0.2, -0.15) is 4.31 Å². The van der Waals surface area contributed by atoms with E-state index in [-0.39, 0.29) is 10.8 Å². The first-order chi connectivity index (χ1) is 16.9. The Morgan fingerprint density at radius 1 is 1.00 bits per heavy atom. The Kier molecular flexibility index (Phi) is 7.62. The molecule has 1 aliphatic heterocycles. The molecule has 10 heteroatoms. The second-order valence-electron chi connectivity index (χ2n) is 8.20. The van der Waals surface area contributed by atoms with Crippen molar-refractivity contribution in [2.75, 3.05) is 43.5 Å². The first kappa shape index (κ1) is 24.6. The summed E-state index contributed by atoms with van der Waals surface area (Å²) in [5.74, 6) is 1.45. The molecular weight excluding hydrogens is 466 g/mol. The van der Waals surface area contributed by atoms with Crippen LogP contribution in [0.2, 0.25) is 0 Å². The predicted molar refractivity (Wildman–Crippen MR) is 135 cm³/mol.